The SMILES string of the molecule is CCCC1CCC(C(C)CC2CCC(c3ccc(-c4ccc(OC(F)(F)F)cc4)cc3)CC2)CC1. The Labute approximate surface area is 209 Å². The quantitative estimate of drug-likeness (QED) is 0.361. The highest BCUT2D eigenvalue weighted by atomic mass is 19.4. The lowest BCUT2D eigenvalue weighted by molar-refractivity contribution is -0.274. The molecule has 0 amide bonds. The highest BCUT2D eigenvalue weighted by Crippen LogP contribution is 2.42. The molecule has 2 aliphatic carbocycles. The van der Waals surface area contributed by atoms with Gasteiger partial charge in [0.25, 0.3) is 0 Å². The number of benzene rings is 2. The molecule has 0 aromatic heterocycles. The molecule has 0 radical (unpaired) electrons. The first kappa shape index (κ1) is 26.1. The van der Waals surface area contributed by atoms with Crippen molar-refractivity contribution in [2.24, 2.45) is 23.7 Å². The third-order valence-electron chi connectivity index (χ3n) is 8.75. The van der Waals surface area contributed by atoms with Crippen LogP contribution in [-0.4, -0.2) is 6.36 Å². The van der Waals surface area contributed by atoms with Crippen molar-refractivity contribution in [3.05, 3.63) is 54.1 Å². The summed E-state index contributed by atoms with van der Waals surface area (Å²) in [5, 5.41) is 0. The Morgan fingerprint density at radius 2 is 1.31 bits per heavy atom. The number of hydrogen-bond acceptors (Lipinski definition) is 1. The average Bonchev–Trinajstić information content (AvgIpc) is 2.85. The standard InChI is InChI=1S/C31H41F3O/c1-3-4-23-5-9-25(10-6-23)22(2)21-24-7-11-26(12-8-24)27-13-15-28(16-14-27)29-17-19-30(20-18-29)35-31(32,33)34/h13-20,22-26H,3-12,21H2,1-2H3. The first-order chi connectivity index (χ1) is 16.8. The van der Waals surface area contributed by atoms with Gasteiger partial charge < -0.3 is 4.74 Å². The van der Waals surface area contributed by atoms with E-state index in [1.807, 2.05) is 0 Å². The van der Waals surface area contributed by atoms with Crippen molar-refractivity contribution >= 4 is 0 Å². The Bertz CT molecular complexity index is 886. The lowest BCUT2D eigenvalue weighted by atomic mass is 9.70. The number of ether oxygens (including phenoxy) is 1. The molecule has 35 heavy (non-hydrogen) atoms. The predicted octanol–water partition coefficient (Wildman–Crippen LogP) is 10.2. The van der Waals surface area contributed by atoms with Crippen molar-refractivity contribution in [1.29, 1.82) is 0 Å². The Morgan fingerprint density at radius 3 is 1.86 bits per heavy atom. The van der Waals surface area contributed by atoms with Gasteiger partial charge in [-0.15, -0.1) is 13.2 Å². The van der Waals surface area contributed by atoms with E-state index < -0.39 is 6.36 Å². The number of rotatable bonds is 8. The first-order valence-corrected chi connectivity index (χ1v) is 13.8. The van der Waals surface area contributed by atoms with Gasteiger partial charge in [0.1, 0.15) is 5.75 Å². The molecule has 4 heteroatoms. The van der Waals surface area contributed by atoms with Crippen LogP contribution in [-0.2, 0) is 0 Å². The lowest BCUT2D eigenvalue weighted by Crippen LogP contribution is -2.23. The van der Waals surface area contributed by atoms with Gasteiger partial charge in [0.15, 0.2) is 0 Å². The van der Waals surface area contributed by atoms with Crippen LogP contribution >= 0.6 is 0 Å². The van der Waals surface area contributed by atoms with Gasteiger partial charge in [0, 0.05) is 0 Å². The van der Waals surface area contributed by atoms with Gasteiger partial charge in [-0.3, -0.25) is 0 Å². The minimum absolute atomic E-state index is 0.187. The molecule has 1 atom stereocenters. The van der Waals surface area contributed by atoms with Gasteiger partial charge in [-0.05, 0) is 103 Å². The Balaban J connectivity index is 1.24. The zero-order valence-electron chi connectivity index (χ0n) is 21.3. The maximum atomic E-state index is 12.4. The highest BCUT2D eigenvalue weighted by Gasteiger charge is 2.31. The van der Waals surface area contributed by atoms with Crippen LogP contribution in [0.1, 0.15) is 96.0 Å². The Kier molecular flexibility index (Phi) is 8.83. The molecular weight excluding hydrogens is 445 g/mol. The van der Waals surface area contributed by atoms with Gasteiger partial charge in [0.2, 0.25) is 0 Å². The van der Waals surface area contributed by atoms with E-state index in [-0.39, 0.29) is 5.75 Å². The average molecular weight is 487 g/mol. The van der Waals surface area contributed by atoms with Crippen LogP contribution in [0.2, 0.25) is 0 Å². The molecule has 2 aliphatic rings. The molecule has 0 N–H and O–H groups in total. The zero-order valence-corrected chi connectivity index (χ0v) is 21.3. The van der Waals surface area contributed by atoms with E-state index in [4.69, 9.17) is 0 Å². The smallest absolute Gasteiger partial charge is 0.406 e. The van der Waals surface area contributed by atoms with Crippen molar-refractivity contribution in [2.45, 2.75) is 96.8 Å². The summed E-state index contributed by atoms with van der Waals surface area (Å²) in [5.41, 5.74) is 3.31. The van der Waals surface area contributed by atoms with Crippen molar-refractivity contribution in [2.75, 3.05) is 0 Å². The van der Waals surface area contributed by atoms with Crippen molar-refractivity contribution < 1.29 is 17.9 Å². The largest absolute Gasteiger partial charge is 0.573 e. The van der Waals surface area contributed by atoms with Gasteiger partial charge in [-0.25, -0.2) is 0 Å². The molecular formula is C31H41F3O. The molecule has 2 saturated carbocycles. The molecule has 0 bridgehead atoms. The van der Waals surface area contributed by atoms with E-state index in [0.29, 0.717) is 5.92 Å². The number of halogens is 3. The molecule has 0 spiro atoms. The Morgan fingerprint density at radius 1 is 0.771 bits per heavy atom. The summed E-state index contributed by atoms with van der Waals surface area (Å²) in [7, 11) is 0. The van der Waals surface area contributed by atoms with Crippen LogP contribution in [0.3, 0.4) is 0 Å². The minimum Gasteiger partial charge on any atom is -0.406 e. The van der Waals surface area contributed by atoms with Crippen LogP contribution in [0.5, 0.6) is 5.75 Å². The predicted molar refractivity (Wildman–Crippen MR) is 137 cm³/mol. The maximum Gasteiger partial charge on any atom is 0.573 e. The van der Waals surface area contributed by atoms with Gasteiger partial charge in [-0.1, -0.05) is 75.9 Å². The molecule has 0 aliphatic heterocycles. The van der Waals surface area contributed by atoms with Crippen molar-refractivity contribution in [3.8, 4) is 16.9 Å². The van der Waals surface area contributed by atoms with Crippen molar-refractivity contribution in [1.82, 2.24) is 0 Å². The van der Waals surface area contributed by atoms with Crippen LogP contribution in [0.4, 0.5) is 13.2 Å². The first-order valence-electron chi connectivity index (χ1n) is 13.8. The van der Waals surface area contributed by atoms with E-state index in [2.05, 4.69) is 42.8 Å². The third kappa shape index (κ3) is 7.51. The molecule has 2 fully saturated rings. The lowest BCUT2D eigenvalue weighted by Gasteiger charge is -2.36. The molecule has 0 heterocycles. The van der Waals surface area contributed by atoms with Crippen LogP contribution in [0, 0.1) is 23.7 Å². The minimum atomic E-state index is -4.66. The molecule has 2 aromatic carbocycles. The summed E-state index contributed by atoms with van der Waals surface area (Å²) in [6, 6.07) is 14.7. The number of hydrogen-bond donors (Lipinski definition) is 0. The topological polar surface area (TPSA) is 9.23 Å². The maximum absolute atomic E-state index is 12.4. The summed E-state index contributed by atoms with van der Waals surface area (Å²) < 4.78 is 41.1. The fourth-order valence-corrected chi connectivity index (χ4v) is 6.70. The molecule has 1 unspecified atom stereocenters. The summed E-state index contributed by atoms with van der Waals surface area (Å²) in [4.78, 5) is 0. The summed E-state index contributed by atoms with van der Waals surface area (Å²) in [6.07, 6.45) is 10.5. The van der Waals surface area contributed by atoms with Gasteiger partial charge in [0.05, 0.1) is 0 Å². The fraction of sp³-hybridized carbons (Fsp3) is 0.613. The summed E-state index contributed by atoms with van der Waals surface area (Å²) >= 11 is 0. The summed E-state index contributed by atoms with van der Waals surface area (Å²) in [6.45, 7) is 4.83. The van der Waals surface area contributed by atoms with E-state index >= 15 is 0 Å². The highest BCUT2D eigenvalue weighted by molar-refractivity contribution is 5.64. The van der Waals surface area contributed by atoms with Gasteiger partial charge in [-0.2, -0.15) is 0 Å². The molecule has 0 saturated heterocycles. The molecule has 1 nitrogen and oxygen atoms in total. The zero-order chi connectivity index (χ0) is 24.8. The molecule has 2 aromatic rings. The van der Waals surface area contributed by atoms with E-state index in [1.165, 1.54) is 88.3 Å². The Hall–Kier alpha value is -1.97. The number of alkyl halides is 3. The van der Waals surface area contributed by atoms with Crippen LogP contribution in [0.15, 0.2) is 48.5 Å². The normalized spacial score (nSPS) is 26.3. The third-order valence-corrected chi connectivity index (χ3v) is 8.75. The van der Waals surface area contributed by atoms with Crippen molar-refractivity contribution in [3.63, 3.8) is 0 Å². The fourth-order valence-electron chi connectivity index (χ4n) is 6.70. The molecule has 192 valence electrons. The second-order valence-electron chi connectivity index (χ2n) is 11.2. The van der Waals surface area contributed by atoms with Crippen LogP contribution < -0.4 is 4.74 Å². The van der Waals surface area contributed by atoms with E-state index in [1.54, 1.807) is 12.1 Å². The second-order valence-corrected chi connectivity index (χ2v) is 11.2. The van der Waals surface area contributed by atoms with Gasteiger partial charge >= 0.3 is 6.36 Å². The monoisotopic (exact) mass is 486 g/mol. The molecule has 4 rings (SSSR count). The van der Waals surface area contributed by atoms with E-state index in [9.17, 15) is 13.2 Å². The summed E-state index contributed by atoms with van der Waals surface area (Å²) in [5.74, 6) is 4.13. The second kappa shape index (κ2) is 11.8. The van der Waals surface area contributed by atoms with E-state index in [0.717, 1.165) is 34.8 Å². The van der Waals surface area contributed by atoms with Crippen LogP contribution in [0.25, 0.3) is 11.1 Å².